The minimum absolute atomic E-state index is 0.461. The van der Waals surface area contributed by atoms with Crippen molar-refractivity contribution in [3.8, 4) is 0 Å². The zero-order valence-corrected chi connectivity index (χ0v) is 12.9. The number of alkyl halides is 1. The van der Waals surface area contributed by atoms with Crippen LogP contribution in [0.1, 0.15) is 31.3 Å². The molecule has 0 fully saturated rings. The molecule has 96 valence electrons. The van der Waals surface area contributed by atoms with Gasteiger partial charge in [0.1, 0.15) is 5.60 Å². The first-order valence-corrected chi connectivity index (χ1v) is 7.28. The van der Waals surface area contributed by atoms with Gasteiger partial charge < -0.3 is 4.74 Å². The lowest BCUT2D eigenvalue weighted by molar-refractivity contribution is 0.0636. The molecule has 0 radical (unpaired) electrons. The van der Waals surface area contributed by atoms with Crippen LogP contribution in [0.4, 0.5) is 9.93 Å². The molecule has 1 aromatic rings. The number of nitrogens with one attached hydrogen (secondary N) is 1. The first-order valence-electron chi connectivity index (χ1n) is 5.34. The molecule has 0 aromatic carbocycles. The summed E-state index contributed by atoms with van der Waals surface area (Å²) in [6, 6.07) is 0. The summed E-state index contributed by atoms with van der Waals surface area (Å²) in [4.78, 5) is 17.0. The molecule has 0 bridgehead atoms. The molecule has 1 N–H and O–H groups in total. The first kappa shape index (κ1) is 14.4. The van der Waals surface area contributed by atoms with Crippen molar-refractivity contribution in [3.05, 3.63) is 10.6 Å². The summed E-state index contributed by atoms with van der Waals surface area (Å²) in [6.45, 7) is 7.43. The van der Waals surface area contributed by atoms with E-state index in [0.717, 1.165) is 17.4 Å². The summed E-state index contributed by atoms with van der Waals surface area (Å²) in [7, 11) is 0. The zero-order valence-electron chi connectivity index (χ0n) is 10.5. The lowest BCUT2D eigenvalue weighted by Gasteiger charge is -2.18. The van der Waals surface area contributed by atoms with Gasteiger partial charge in [-0.05, 0) is 34.1 Å². The predicted octanol–water partition coefficient (Wildman–Crippen LogP) is 3.74. The van der Waals surface area contributed by atoms with Crippen LogP contribution in [0, 0.1) is 6.92 Å². The highest BCUT2D eigenvalue weighted by Crippen LogP contribution is 2.24. The molecule has 1 rings (SSSR count). The summed E-state index contributed by atoms with van der Waals surface area (Å²) < 4.78 is 5.16. The lowest BCUT2D eigenvalue weighted by atomic mass is 10.2. The van der Waals surface area contributed by atoms with E-state index in [1.54, 1.807) is 0 Å². The number of nitrogens with zero attached hydrogens (tertiary/aromatic N) is 1. The van der Waals surface area contributed by atoms with Crippen molar-refractivity contribution in [2.24, 2.45) is 0 Å². The fourth-order valence-corrected chi connectivity index (χ4v) is 2.80. The van der Waals surface area contributed by atoms with Gasteiger partial charge in [-0.2, -0.15) is 0 Å². The van der Waals surface area contributed by atoms with Gasteiger partial charge in [0.2, 0.25) is 0 Å². The Morgan fingerprint density at radius 3 is 2.71 bits per heavy atom. The second-order valence-electron chi connectivity index (χ2n) is 4.59. The Morgan fingerprint density at radius 1 is 1.53 bits per heavy atom. The number of ether oxygens (including phenoxy) is 1. The van der Waals surface area contributed by atoms with E-state index in [1.807, 2.05) is 27.7 Å². The average Bonchev–Trinajstić information content (AvgIpc) is 2.43. The Labute approximate surface area is 114 Å². The predicted molar refractivity (Wildman–Crippen MR) is 74.2 cm³/mol. The number of amides is 1. The summed E-state index contributed by atoms with van der Waals surface area (Å²) in [5, 5.41) is 4.13. The molecular weight excluding hydrogens is 304 g/mol. The molecule has 1 aromatic heterocycles. The third-order valence-corrected chi connectivity index (χ3v) is 3.35. The van der Waals surface area contributed by atoms with Crippen LogP contribution in [0.3, 0.4) is 0 Å². The Bertz CT molecular complexity index is 399. The summed E-state index contributed by atoms with van der Waals surface area (Å²) in [5.41, 5.74) is 0.468. The smallest absolute Gasteiger partial charge is 0.413 e. The highest BCUT2D eigenvalue weighted by atomic mass is 79.9. The Kier molecular flexibility index (Phi) is 4.94. The maximum Gasteiger partial charge on any atom is 0.413 e. The van der Waals surface area contributed by atoms with Crippen molar-refractivity contribution in [2.75, 3.05) is 10.6 Å². The average molecular weight is 321 g/mol. The van der Waals surface area contributed by atoms with Gasteiger partial charge >= 0.3 is 6.09 Å². The van der Waals surface area contributed by atoms with Gasteiger partial charge in [-0.15, -0.1) is 11.3 Å². The summed E-state index contributed by atoms with van der Waals surface area (Å²) >= 11 is 4.87. The van der Waals surface area contributed by atoms with E-state index < -0.39 is 11.7 Å². The molecule has 0 saturated heterocycles. The van der Waals surface area contributed by atoms with Gasteiger partial charge in [0.15, 0.2) is 5.13 Å². The van der Waals surface area contributed by atoms with Crippen LogP contribution < -0.4 is 5.32 Å². The second kappa shape index (κ2) is 5.82. The van der Waals surface area contributed by atoms with Crippen LogP contribution >= 0.6 is 27.3 Å². The number of aryl methyl sites for hydroxylation is 2. The fourth-order valence-electron chi connectivity index (χ4n) is 1.19. The van der Waals surface area contributed by atoms with Crippen LogP contribution in [0.2, 0.25) is 0 Å². The standard InChI is InChI=1S/C11H17BrN2O2S/c1-7-8(5-6-12)17-9(13-7)14-10(15)16-11(2,3)4/h5-6H2,1-4H3,(H,13,14,15). The van der Waals surface area contributed by atoms with E-state index in [9.17, 15) is 4.79 Å². The van der Waals surface area contributed by atoms with E-state index in [0.29, 0.717) is 5.13 Å². The van der Waals surface area contributed by atoms with Crippen LogP contribution in [0.25, 0.3) is 0 Å². The Morgan fingerprint density at radius 2 is 2.18 bits per heavy atom. The van der Waals surface area contributed by atoms with Crippen LogP contribution in [-0.2, 0) is 11.2 Å². The molecule has 0 atom stereocenters. The van der Waals surface area contributed by atoms with Gasteiger partial charge in [-0.25, -0.2) is 9.78 Å². The third kappa shape index (κ3) is 5.04. The highest BCUT2D eigenvalue weighted by Gasteiger charge is 2.17. The quantitative estimate of drug-likeness (QED) is 0.863. The largest absolute Gasteiger partial charge is 0.444 e. The Hall–Kier alpha value is -0.620. The molecule has 0 aliphatic carbocycles. The number of anilines is 1. The molecule has 0 saturated carbocycles. The minimum Gasteiger partial charge on any atom is -0.444 e. The molecular formula is C11H17BrN2O2S. The first-order chi connectivity index (χ1) is 7.81. The van der Waals surface area contributed by atoms with Crippen molar-refractivity contribution in [3.63, 3.8) is 0 Å². The van der Waals surface area contributed by atoms with Gasteiger partial charge in [-0.3, -0.25) is 5.32 Å². The zero-order chi connectivity index (χ0) is 13.1. The topological polar surface area (TPSA) is 51.2 Å². The van der Waals surface area contributed by atoms with E-state index in [2.05, 4.69) is 26.2 Å². The second-order valence-corrected chi connectivity index (χ2v) is 6.47. The minimum atomic E-state index is -0.491. The lowest BCUT2D eigenvalue weighted by Crippen LogP contribution is -2.27. The fraction of sp³-hybridized carbons (Fsp3) is 0.636. The normalized spacial score (nSPS) is 11.4. The number of carbonyl (C=O) groups excluding carboxylic acids is 1. The van der Waals surface area contributed by atoms with E-state index in [4.69, 9.17) is 4.74 Å². The van der Waals surface area contributed by atoms with Gasteiger partial charge in [-0.1, -0.05) is 15.9 Å². The molecule has 4 nitrogen and oxygen atoms in total. The molecule has 1 amide bonds. The molecule has 1 heterocycles. The van der Waals surface area contributed by atoms with Crippen molar-refractivity contribution < 1.29 is 9.53 Å². The van der Waals surface area contributed by atoms with Gasteiger partial charge in [0.25, 0.3) is 0 Å². The van der Waals surface area contributed by atoms with E-state index in [1.165, 1.54) is 16.2 Å². The monoisotopic (exact) mass is 320 g/mol. The maximum atomic E-state index is 11.5. The van der Waals surface area contributed by atoms with E-state index >= 15 is 0 Å². The molecule has 0 unspecified atom stereocenters. The Balaban J connectivity index is 2.63. The molecule has 0 aliphatic rings. The number of hydrogen-bond acceptors (Lipinski definition) is 4. The number of halogens is 1. The summed E-state index contributed by atoms with van der Waals surface area (Å²) in [6.07, 6.45) is 0.455. The molecule has 6 heteroatoms. The van der Waals surface area contributed by atoms with Gasteiger partial charge in [0, 0.05) is 10.2 Å². The molecule has 0 spiro atoms. The van der Waals surface area contributed by atoms with Crippen LogP contribution in [-0.4, -0.2) is 22.0 Å². The van der Waals surface area contributed by atoms with Crippen LogP contribution in [0.15, 0.2) is 0 Å². The maximum absolute atomic E-state index is 11.5. The molecule has 0 aliphatic heterocycles. The number of rotatable bonds is 3. The van der Waals surface area contributed by atoms with E-state index in [-0.39, 0.29) is 0 Å². The van der Waals surface area contributed by atoms with Gasteiger partial charge in [0.05, 0.1) is 5.69 Å². The van der Waals surface area contributed by atoms with Crippen molar-refractivity contribution >= 4 is 38.5 Å². The number of thiazole rings is 1. The third-order valence-electron chi connectivity index (χ3n) is 1.82. The highest BCUT2D eigenvalue weighted by molar-refractivity contribution is 9.09. The number of hydrogen-bond donors (Lipinski definition) is 1. The molecule has 17 heavy (non-hydrogen) atoms. The number of carbonyl (C=O) groups is 1. The van der Waals surface area contributed by atoms with Crippen molar-refractivity contribution in [1.82, 2.24) is 4.98 Å². The number of aromatic nitrogens is 1. The SMILES string of the molecule is Cc1nc(NC(=O)OC(C)(C)C)sc1CCBr. The van der Waals surface area contributed by atoms with Crippen molar-refractivity contribution in [2.45, 2.75) is 39.7 Å². The summed E-state index contributed by atoms with van der Waals surface area (Å²) in [5.74, 6) is 0. The van der Waals surface area contributed by atoms with Crippen molar-refractivity contribution in [1.29, 1.82) is 0 Å². The van der Waals surface area contributed by atoms with Crippen LogP contribution in [0.5, 0.6) is 0 Å².